The molecule has 11 heteroatoms. The van der Waals surface area contributed by atoms with Gasteiger partial charge in [-0.15, -0.1) is 15.7 Å². The Morgan fingerprint density at radius 3 is 2.51 bits per heavy atom. The van der Waals surface area contributed by atoms with Crippen LogP contribution in [0.5, 0.6) is 0 Å². The second-order valence-electron chi connectivity index (χ2n) is 9.00. The maximum atomic E-state index is 13.2. The molecule has 2 aromatic carbocycles. The van der Waals surface area contributed by atoms with Crippen molar-refractivity contribution in [3.05, 3.63) is 83.9 Å². The van der Waals surface area contributed by atoms with E-state index in [1.54, 1.807) is 48.7 Å². The summed E-state index contributed by atoms with van der Waals surface area (Å²) in [4.78, 5) is 26.9. The molecule has 0 spiro atoms. The van der Waals surface area contributed by atoms with Crippen LogP contribution in [-0.4, -0.2) is 49.9 Å². The van der Waals surface area contributed by atoms with Crippen molar-refractivity contribution in [2.24, 2.45) is 9.36 Å². The molecule has 0 radical (unpaired) electrons. The summed E-state index contributed by atoms with van der Waals surface area (Å²) in [7, 11) is -2.99. The van der Waals surface area contributed by atoms with Gasteiger partial charge in [-0.2, -0.15) is 4.98 Å². The zero-order chi connectivity index (χ0) is 27.8. The Morgan fingerprint density at radius 2 is 1.85 bits per heavy atom. The minimum Gasteiger partial charge on any atom is -0.394 e. The number of amides is 2. The number of nitrogens with one attached hydrogen (secondary N) is 2. The molecule has 1 unspecified atom stereocenters. The number of nitrogens with zero attached hydrogens (tertiary/aromatic N) is 4. The standard InChI is InChI=1S/C28H30N6O3S2/c1-19(16-21-8-5-4-6-9-21)31-28(36)34-39(3,37)23-13-11-22(12-14-23)32-27-29-17-24(25-10-7-15-38-25)26(33-27)30-20(2)18-35/h4-15,17,20,35H,16,18H2,1-3H3,(H2,29,30,32,33)/t20-,39?/m1/s1. The molecule has 39 heavy (non-hydrogen) atoms. The highest BCUT2D eigenvalue weighted by Crippen LogP contribution is 2.31. The Labute approximate surface area is 232 Å². The van der Waals surface area contributed by atoms with Gasteiger partial charge >= 0.3 is 6.03 Å². The van der Waals surface area contributed by atoms with Crippen LogP contribution in [0.3, 0.4) is 0 Å². The SMILES string of the molecule is CC(Cc1ccccc1)=NC(=O)N=S(C)(=O)c1ccc(Nc2ncc(-c3cccs3)c(N[C@H](C)CO)n2)cc1. The van der Waals surface area contributed by atoms with E-state index in [1.165, 1.54) is 6.26 Å². The third-order valence-electron chi connectivity index (χ3n) is 5.62. The largest absolute Gasteiger partial charge is 0.394 e. The van der Waals surface area contributed by atoms with E-state index < -0.39 is 15.8 Å². The van der Waals surface area contributed by atoms with Gasteiger partial charge < -0.3 is 15.7 Å². The highest BCUT2D eigenvalue weighted by Gasteiger charge is 2.14. The van der Waals surface area contributed by atoms with Crippen LogP contribution in [0.15, 0.2) is 92.6 Å². The molecular weight excluding hydrogens is 532 g/mol. The molecule has 9 nitrogen and oxygen atoms in total. The number of aliphatic hydroxyl groups excluding tert-OH is 1. The molecule has 2 amide bonds. The van der Waals surface area contributed by atoms with Gasteiger partial charge in [0.1, 0.15) is 5.82 Å². The molecule has 4 aromatic rings. The summed E-state index contributed by atoms with van der Waals surface area (Å²) < 4.78 is 17.1. The van der Waals surface area contributed by atoms with Gasteiger partial charge in [0.15, 0.2) is 0 Å². The van der Waals surface area contributed by atoms with Crippen molar-refractivity contribution in [3.8, 4) is 10.4 Å². The second-order valence-corrected chi connectivity index (χ2v) is 12.2. The van der Waals surface area contributed by atoms with Crippen LogP contribution in [0.25, 0.3) is 10.4 Å². The van der Waals surface area contributed by atoms with E-state index in [2.05, 4.69) is 30.0 Å². The number of hydrogen-bond acceptors (Lipinski definition) is 8. The molecule has 2 aromatic heterocycles. The normalized spacial score (nSPS) is 13.8. The van der Waals surface area contributed by atoms with E-state index in [-0.39, 0.29) is 12.6 Å². The van der Waals surface area contributed by atoms with E-state index >= 15 is 0 Å². The van der Waals surface area contributed by atoms with E-state index in [0.29, 0.717) is 34.5 Å². The van der Waals surface area contributed by atoms with Crippen LogP contribution in [0.1, 0.15) is 19.4 Å². The lowest BCUT2D eigenvalue weighted by atomic mass is 10.1. The number of anilines is 3. The van der Waals surface area contributed by atoms with Crippen molar-refractivity contribution >= 4 is 50.3 Å². The number of aliphatic imine (C=N–C) groups is 1. The molecule has 0 fully saturated rings. The fourth-order valence-electron chi connectivity index (χ4n) is 3.68. The molecule has 0 bridgehead atoms. The average Bonchev–Trinajstić information content (AvgIpc) is 3.44. The van der Waals surface area contributed by atoms with Gasteiger partial charge in [0.05, 0.1) is 21.9 Å². The fraction of sp³-hybridized carbons (Fsp3) is 0.214. The summed E-state index contributed by atoms with van der Waals surface area (Å²) in [6, 6.07) is 19.4. The van der Waals surface area contributed by atoms with E-state index in [0.717, 1.165) is 16.0 Å². The van der Waals surface area contributed by atoms with E-state index in [1.807, 2.05) is 54.8 Å². The van der Waals surface area contributed by atoms with Gasteiger partial charge in [0, 0.05) is 46.1 Å². The highest BCUT2D eigenvalue weighted by atomic mass is 32.2. The summed E-state index contributed by atoms with van der Waals surface area (Å²) in [6.45, 7) is 3.57. The van der Waals surface area contributed by atoms with Crippen LogP contribution in [0.4, 0.5) is 22.2 Å². The van der Waals surface area contributed by atoms with Gasteiger partial charge in [-0.05, 0) is 55.1 Å². The smallest absolute Gasteiger partial charge is 0.375 e. The highest BCUT2D eigenvalue weighted by molar-refractivity contribution is 7.93. The molecule has 0 saturated heterocycles. The molecule has 0 aliphatic rings. The zero-order valence-electron chi connectivity index (χ0n) is 21.9. The predicted molar refractivity (Wildman–Crippen MR) is 159 cm³/mol. The number of rotatable bonds is 9. The summed E-state index contributed by atoms with van der Waals surface area (Å²) in [5.41, 5.74) is 3.13. The van der Waals surface area contributed by atoms with Crippen molar-refractivity contribution in [1.29, 1.82) is 0 Å². The van der Waals surface area contributed by atoms with Crippen molar-refractivity contribution in [1.82, 2.24) is 9.97 Å². The number of carbonyl (C=O) groups excluding carboxylic acids is 1. The van der Waals surface area contributed by atoms with Crippen molar-refractivity contribution in [2.45, 2.75) is 31.2 Å². The fourth-order valence-corrected chi connectivity index (χ4v) is 5.50. The molecular formula is C28H30N6O3S2. The number of thiophene rings is 1. The van der Waals surface area contributed by atoms with Gasteiger partial charge in [0.25, 0.3) is 0 Å². The lowest BCUT2D eigenvalue weighted by molar-refractivity contribution is 0.257. The topological polar surface area (TPSA) is 129 Å². The minimum absolute atomic E-state index is 0.0418. The lowest BCUT2D eigenvalue weighted by Crippen LogP contribution is -2.21. The number of carbonyl (C=O) groups is 1. The van der Waals surface area contributed by atoms with Crippen LogP contribution in [-0.2, 0) is 16.1 Å². The first-order valence-corrected chi connectivity index (χ1v) is 15.0. The first kappa shape index (κ1) is 28.1. The van der Waals surface area contributed by atoms with Crippen LogP contribution in [0.2, 0.25) is 0 Å². The molecule has 3 N–H and O–H groups in total. The van der Waals surface area contributed by atoms with Crippen molar-refractivity contribution in [3.63, 3.8) is 0 Å². The summed E-state index contributed by atoms with van der Waals surface area (Å²) in [5.74, 6) is 0.959. The first-order valence-electron chi connectivity index (χ1n) is 12.2. The molecule has 0 saturated carbocycles. The van der Waals surface area contributed by atoms with Gasteiger partial charge in [0.2, 0.25) is 5.95 Å². The van der Waals surface area contributed by atoms with E-state index in [4.69, 9.17) is 0 Å². The minimum atomic E-state index is -2.99. The number of benzene rings is 2. The predicted octanol–water partition coefficient (Wildman–Crippen LogP) is 6.02. The molecule has 0 aliphatic heterocycles. The second kappa shape index (κ2) is 12.7. The Balaban J connectivity index is 1.48. The average molecular weight is 563 g/mol. The Kier molecular flexibility index (Phi) is 9.18. The third-order valence-corrected chi connectivity index (χ3v) is 8.18. The number of aliphatic hydroxyl groups is 1. The first-order chi connectivity index (χ1) is 18.7. The molecule has 4 rings (SSSR count). The summed E-state index contributed by atoms with van der Waals surface area (Å²) >= 11 is 1.57. The van der Waals surface area contributed by atoms with Crippen molar-refractivity contribution in [2.75, 3.05) is 23.5 Å². The van der Waals surface area contributed by atoms with Gasteiger partial charge in [-0.25, -0.2) is 19.0 Å². The lowest BCUT2D eigenvalue weighted by Gasteiger charge is -2.16. The van der Waals surface area contributed by atoms with Crippen LogP contribution < -0.4 is 10.6 Å². The Morgan fingerprint density at radius 1 is 1.10 bits per heavy atom. The number of urea groups is 1. The van der Waals surface area contributed by atoms with Crippen molar-refractivity contribution < 1.29 is 14.1 Å². The molecule has 202 valence electrons. The summed E-state index contributed by atoms with van der Waals surface area (Å²) in [6.07, 6.45) is 3.66. The number of hydrogen-bond donors (Lipinski definition) is 3. The van der Waals surface area contributed by atoms with Crippen LogP contribution in [0, 0.1) is 0 Å². The van der Waals surface area contributed by atoms with Gasteiger partial charge in [-0.1, -0.05) is 36.4 Å². The molecule has 0 aliphatic carbocycles. The monoisotopic (exact) mass is 562 g/mol. The van der Waals surface area contributed by atoms with Crippen LogP contribution >= 0.6 is 11.3 Å². The maximum absolute atomic E-state index is 13.2. The van der Waals surface area contributed by atoms with E-state index in [9.17, 15) is 14.1 Å². The Hall–Kier alpha value is -3.93. The maximum Gasteiger partial charge on any atom is 0.375 e. The number of aromatic nitrogens is 2. The quantitative estimate of drug-likeness (QED) is 0.213. The zero-order valence-corrected chi connectivity index (χ0v) is 23.5. The molecule has 2 atom stereocenters. The molecule has 2 heterocycles. The Bertz CT molecular complexity index is 1560. The summed E-state index contributed by atoms with van der Waals surface area (Å²) in [5, 5.41) is 17.8. The van der Waals surface area contributed by atoms with Gasteiger partial charge in [-0.3, -0.25) is 0 Å². The third kappa shape index (κ3) is 7.79.